The molecule has 0 heterocycles. The molecule has 0 aliphatic heterocycles. The van der Waals surface area contributed by atoms with Crippen LogP contribution < -0.4 is 9.80 Å². The Morgan fingerprint density at radius 3 is 1.31 bits per heavy atom. The van der Waals surface area contributed by atoms with E-state index in [1.807, 2.05) is 0 Å². The standard InChI is InChI=1S/C59H44N2/c1-41-36-54-56(40-57(41)61(50-26-10-4-11-27-50)51-28-12-5-13-29-51)58(46-32-30-42-18-14-16-20-44(42)37-46)53-35-34-52(60(48-22-6-2-7-23-48)49-24-8-3-9-25-49)39-55(53)59(54)47-33-31-43-19-15-17-21-45(43)38-47/h2-35,37-41H,36H2,1H3. The molecule has 1 unspecified atom stereocenters. The number of rotatable bonds is 8. The second-order valence-corrected chi connectivity index (χ2v) is 16.2. The van der Waals surface area contributed by atoms with Gasteiger partial charge in [-0.3, -0.25) is 0 Å². The topological polar surface area (TPSA) is 6.48 Å². The summed E-state index contributed by atoms with van der Waals surface area (Å²) in [4.78, 5) is 4.86. The van der Waals surface area contributed by atoms with Crippen LogP contribution in [0, 0.1) is 5.92 Å². The van der Waals surface area contributed by atoms with E-state index in [2.05, 4.69) is 247 Å². The highest BCUT2D eigenvalue weighted by Gasteiger charge is 2.31. The lowest BCUT2D eigenvalue weighted by atomic mass is 9.76. The first-order chi connectivity index (χ1) is 30.2. The third-order valence-corrected chi connectivity index (χ3v) is 12.4. The molecule has 0 bridgehead atoms. The Morgan fingerprint density at radius 2 is 0.803 bits per heavy atom. The number of anilines is 5. The first kappa shape index (κ1) is 36.4. The van der Waals surface area contributed by atoms with Crippen molar-refractivity contribution in [1.29, 1.82) is 0 Å². The minimum absolute atomic E-state index is 0.211. The van der Waals surface area contributed by atoms with Crippen molar-refractivity contribution in [2.24, 2.45) is 5.92 Å². The summed E-state index contributed by atoms with van der Waals surface area (Å²) in [6, 6.07) is 81.9. The molecule has 11 rings (SSSR count). The molecular formula is C59H44N2. The third-order valence-electron chi connectivity index (χ3n) is 12.4. The number of benzene rings is 10. The fourth-order valence-electron chi connectivity index (χ4n) is 9.58. The number of hydrogen-bond donors (Lipinski definition) is 0. The van der Waals surface area contributed by atoms with Gasteiger partial charge in [0, 0.05) is 40.1 Å². The van der Waals surface area contributed by atoms with Crippen LogP contribution in [0.2, 0.25) is 0 Å². The van der Waals surface area contributed by atoms with Crippen LogP contribution in [0.25, 0.3) is 60.6 Å². The lowest BCUT2D eigenvalue weighted by Gasteiger charge is -2.36. The van der Waals surface area contributed by atoms with Gasteiger partial charge in [-0.1, -0.05) is 159 Å². The molecule has 0 amide bonds. The summed E-state index contributed by atoms with van der Waals surface area (Å²) in [5.41, 5.74) is 14.7. The SMILES string of the molecule is CC1Cc2c(c(-c3ccc4ccccc4c3)c3ccc(N(c4ccccc4)c4ccccc4)cc3c2-c2ccc3ccccc3c2)C=C1N(c1ccccc1)c1ccccc1. The van der Waals surface area contributed by atoms with Crippen LogP contribution in [0.1, 0.15) is 18.1 Å². The van der Waals surface area contributed by atoms with Crippen molar-refractivity contribution in [2.45, 2.75) is 13.3 Å². The van der Waals surface area contributed by atoms with E-state index in [-0.39, 0.29) is 5.92 Å². The summed E-state index contributed by atoms with van der Waals surface area (Å²) in [7, 11) is 0. The molecule has 0 saturated heterocycles. The zero-order valence-corrected chi connectivity index (χ0v) is 34.1. The average Bonchev–Trinajstić information content (AvgIpc) is 3.32. The Labute approximate surface area is 357 Å². The predicted octanol–water partition coefficient (Wildman–Crippen LogP) is 16.3. The second kappa shape index (κ2) is 15.5. The van der Waals surface area contributed by atoms with E-state index < -0.39 is 0 Å². The maximum atomic E-state index is 2.52. The fourth-order valence-corrected chi connectivity index (χ4v) is 9.58. The predicted molar refractivity (Wildman–Crippen MR) is 260 cm³/mol. The van der Waals surface area contributed by atoms with Gasteiger partial charge < -0.3 is 9.80 Å². The Balaban J connectivity index is 1.26. The molecule has 1 aliphatic carbocycles. The monoisotopic (exact) mass is 780 g/mol. The maximum absolute atomic E-state index is 2.52. The summed E-state index contributed by atoms with van der Waals surface area (Å²) in [6.07, 6.45) is 3.40. The molecule has 0 fully saturated rings. The molecule has 2 nitrogen and oxygen atoms in total. The number of fused-ring (bicyclic) bond motifs is 4. The van der Waals surface area contributed by atoms with Gasteiger partial charge in [-0.15, -0.1) is 0 Å². The van der Waals surface area contributed by atoms with Crippen LogP contribution in [-0.4, -0.2) is 0 Å². The van der Waals surface area contributed by atoms with Crippen LogP contribution in [0.5, 0.6) is 0 Å². The van der Waals surface area contributed by atoms with E-state index in [1.54, 1.807) is 0 Å². The summed E-state index contributed by atoms with van der Waals surface area (Å²) in [5, 5.41) is 7.45. The highest BCUT2D eigenvalue weighted by Crippen LogP contribution is 2.50. The van der Waals surface area contributed by atoms with Crippen molar-refractivity contribution >= 4 is 66.8 Å². The minimum Gasteiger partial charge on any atom is -0.314 e. The zero-order valence-electron chi connectivity index (χ0n) is 34.1. The van der Waals surface area contributed by atoms with Crippen LogP contribution in [0.4, 0.5) is 28.4 Å². The highest BCUT2D eigenvalue weighted by molar-refractivity contribution is 6.13. The van der Waals surface area contributed by atoms with E-state index in [0.717, 1.165) is 34.9 Å². The summed E-state index contributed by atoms with van der Waals surface area (Å²) >= 11 is 0. The Bertz CT molecular complexity index is 3150. The van der Waals surface area contributed by atoms with Gasteiger partial charge >= 0.3 is 0 Å². The maximum Gasteiger partial charge on any atom is 0.0468 e. The van der Waals surface area contributed by atoms with Gasteiger partial charge in [0.25, 0.3) is 0 Å². The first-order valence-corrected chi connectivity index (χ1v) is 21.3. The molecule has 2 heteroatoms. The summed E-state index contributed by atoms with van der Waals surface area (Å²) in [6.45, 7) is 2.40. The van der Waals surface area contributed by atoms with Gasteiger partial charge in [-0.05, 0) is 151 Å². The summed E-state index contributed by atoms with van der Waals surface area (Å²) in [5.74, 6) is 0.211. The molecule has 10 aromatic rings. The van der Waals surface area contributed by atoms with E-state index in [4.69, 9.17) is 0 Å². The van der Waals surface area contributed by atoms with E-state index in [9.17, 15) is 0 Å². The van der Waals surface area contributed by atoms with E-state index in [0.29, 0.717) is 0 Å². The Hall–Kier alpha value is -7.68. The Morgan fingerprint density at radius 1 is 0.361 bits per heavy atom. The van der Waals surface area contributed by atoms with Gasteiger partial charge in [0.2, 0.25) is 0 Å². The second-order valence-electron chi connectivity index (χ2n) is 16.2. The van der Waals surface area contributed by atoms with Crippen molar-refractivity contribution in [2.75, 3.05) is 9.80 Å². The highest BCUT2D eigenvalue weighted by atomic mass is 15.2. The van der Waals surface area contributed by atoms with Gasteiger partial charge in [0.05, 0.1) is 0 Å². The normalized spacial score (nSPS) is 13.5. The number of nitrogens with zero attached hydrogens (tertiary/aromatic N) is 2. The van der Waals surface area contributed by atoms with E-state index in [1.165, 1.54) is 71.4 Å². The fraction of sp³-hybridized carbons (Fsp3) is 0.0508. The Kier molecular flexibility index (Phi) is 9.24. The molecule has 1 atom stereocenters. The van der Waals surface area contributed by atoms with Crippen LogP contribution in [0.15, 0.2) is 230 Å². The molecular weight excluding hydrogens is 737 g/mol. The molecule has 0 aromatic heterocycles. The zero-order chi connectivity index (χ0) is 40.7. The van der Waals surface area contributed by atoms with Crippen molar-refractivity contribution < 1.29 is 0 Å². The summed E-state index contributed by atoms with van der Waals surface area (Å²) < 4.78 is 0. The minimum atomic E-state index is 0.211. The van der Waals surface area contributed by atoms with Crippen molar-refractivity contribution in [3.05, 3.63) is 241 Å². The van der Waals surface area contributed by atoms with Gasteiger partial charge in [0.1, 0.15) is 0 Å². The number of hydrogen-bond acceptors (Lipinski definition) is 2. The van der Waals surface area contributed by atoms with Crippen molar-refractivity contribution in [3.63, 3.8) is 0 Å². The molecule has 0 radical (unpaired) electrons. The largest absolute Gasteiger partial charge is 0.314 e. The quantitative estimate of drug-likeness (QED) is 0.152. The molecule has 0 saturated carbocycles. The van der Waals surface area contributed by atoms with E-state index >= 15 is 0 Å². The smallest absolute Gasteiger partial charge is 0.0468 e. The van der Waals surface area contributed by atoms with Gasteiger partial charge in [-0.2, -0.15) is 0 Å². The van der Waals surface area contributed by atoms with Crippen molar-refractivity contribution in [3.8, 4) is 22.3 Å². The van der Waals surface area contributed by atoms with Gasteiger partial charge in [0.15, 0.2) is 0 Å². The lowest BCUT2D eigenvalue weighted by molar-refractivity contribution is 0.659. The van der Waals surface area contributed by atoms with Crippen LogP contribution in [-0.2, 0) is 6.42 Å². The molecule has 61 heavy (non-hydrogen) atoms. The number of allylic oxidation sites excluding steroid dienone is 1. The molecule has 0 spiro atoms. The van der Waals surface area contributed by atoms with Crippen LogP contribution >= 0.6 is 0 Å². The molecule has 10 aromatic carbocycles. The molecule has 0 N–H and O–H groups in total. The van der Waals surface area contributed by atoms with Crippen molar-refractivity contribution in [1.82, 2.24) is 0 Å². The average molecular weight is 781 g/mol. The molecule has 290 valence electrons. The van der Waals surface area contributed by atoms with Gasteiger partial charge in [-0.25, -0.2) is 0 Å². The number of para-hydroxylation sites is 4. The lowest BCUT2D eigenvalue weighted by Crippen LogP contribution is -2.25. The molecule has 1 aliphatic rings. The van der Waals surface area contributed by atoms with Crippen LogP contribution in [0.3, 0.4) is 0 Å². The third kappa shape index (κ3) is 6.63. The first-order valence-electron chi connectivity index (χ1n) is 21.3.